The molecule has 1 fully saturated rings. The molecule has 0 spiro atoms. The average molecular weight is 386 g/mol. The first-order valence-electron chi connectivity index (χ1n) is 9.91. The third-order valence-electron chi connectivity index (χ3n) is 5.46. The molecule has 0 amide bonds. The molecule has 2 heterocycles. The molecule has 2 aromatic carbocycles. The van der Waals surface area contributed by atoms with Gasteiger partial charge in [-0.25, -0.2) is 4.39 Å². The summed E-state index contributed by atoms with van der Waals surface area (Å²) in [5, 5.41) is 9.52. The van der Waals surface area contributed by atoms with Crippen molar-refractivity contribution < 1.29 is 19.0 Å². The molecule has 150 valence electrons. The summed E-state index contributed by atoms with van der Waals surface area (Å²) in [5.41, 5.74) is 2.31. The maximum absolute atomic E-state index is 13.2. The highest BCUT2D eigenvalue weighted by atomic mass is 19.1. The van der Waals surface area contributed by atoms with E-state index in [0.717, 1.165) is 56.2 Å². The molecule has 0 saturated carbocycles. The van der Waals surface area contributed by atoms with Gasteiger partial charge in [0.15, 0.2) is 11.5 Å². The summed E-state index contributed by atoms with van der Waals surface area (Å²) in [6.07, 6.45) is 0.735. The van der Waals surface area contributed by atoms with Crippen molar-refractivity contribution in [2.45, 2.75) is 25.6 Å². The van der Waals surface area contributed by atoms with Gasteiger partial charge in [-0.2, -0.15) is 0 Å². The van der Waals surface area contributed by atoms with E-state index in [-0.39, 0.29) is 18.5 Å². The molecule has 1 saturated heterocycles. The Balaban J connectivity index is 1.39. The fourth-order valence-electron chi connectivity index (χ4n) is 4.00. The van der Waals surface area contributed by atoms with E-state index in [2.05, 4.69) is 21.9 Å². The number of nitrogens with zero attached hydrogens (tertiary/aromatic N) is 2. The zero-order valence-corrected chi connectivity index (χ0v) is 16.0. The maximum Gasteiger partial charge on any atom is 0.161 e. The van der Waals surface area contributed by atoms with Crippen LogP contribution in [0.3, 0.4) is 0 Å². The summed E-state index contributed by atoms with van der Waals surface area (Å²) in [7, 11) is 0. The Bertz CT molecular complexity index is 784. The minimum atomic E-state index is -0.208. The van der Waals surface area contributed by atoms with Gasteiger partial charge in [-0.05, 0) is 41.8 Å². The van der Waals surface area contributed by atoms with Gasteiger partial charge >= 0.3 is 0 Å². The Labute approximate surface area is 165 Å². The normalized spacial score (nSPS) is 20.3. The largest absolute Gasteiger partial charge is 0.486 e. The van der Waals surface area contributed by atoms with E-state index in [9.17, 15) is 9.50 Å². The van der Waals surface area contributed by atoms with Crippen LogP contribution in [0.5, 0.6) is 11.5 Å². The van der Waals surface area contributed by atoms with Crippen molar-refractivity contribution in [2.75, 3.05) is 39.5 Å². The fourth-order valence-corrected chi connectivity index (χ4v) is 4.00. The number of aliphatic hydroxyl groups is 1. The SMILES string of the molecule is OCC[C@H]1CN(Cc2ccc3c(c2)OCCO3)CCN1Cc1ccc(F)cc1. The number of benzene rings is 2. The monoisotopic (exact) mass is 386 g/mol. The topological polar surface area (TPSA) is 45.2 Å². The summed E-state index contributed by atoms with van der Waals surface area (Å²) in [5.74, 6) is 1.43. The van der Waals surface area contributed by atoms with Gasteiger partial charge in [-0.1, -0.05) is 18.2 Å². The fraction of sp³-hybridized carbons (Fsp3) is 0.455. The van der Waals surface area contributed by atoms with Crippen LogP contribution in [-0.2, 0) is 13.1 Å². The predicted octanol–water partition coefficient (Wildman–Crippen LogP) is 2.67. The number of halogens is 1. The maximum atomic E-state index is 13.2. The van der Waals surface area contributed by atoms with Gasteiger partial charge in [-0.15, -0.1) is 0 Å². The number of hydrogen-bond donors (Lipinski definition) is 1. The molecule has 0 bridgehead atoms. The molecule has 6 heteroatoms. The quantitative estimate of drug-likeness (QED) is 0.827. The second-order valence-corrected chi connectivity index (χ2v) is 7.48. The summed E-state index contributed by atoms with van der Waals surface area (Å²) >= 11 is 0. The molecule has 4 rings (SSSR count). The Morgan fingerprint density at radius 2 is 1.68 bits per heavy atom. The van der Waals surface area contributed by atoms with Crippen LogP contribution >= 0.6 is 0 Å². The van der Waals surface area contributed by atoms with E-state index in [1.165, 1.54) is 17.7 Å². The molecule has 28 heavy (non-hydrogen) atoms. The van der Waals surface area contributed by atoms with Crippen LogP contribution in [0.15, 0.2) is 42.5 Å². The van der Waals surface area contributed by atoms with E-state index in [4.69, 9.17) is 9.47 Å². The Morgan fingerprint density at radius 1 is 0.929 bits per heavy atom. The van der Waals surface area contributed by atoms with Crippen LogP contribution in [0, 0.1) is 5.82 Å². The lowest BCUT2D eigenvalue weighted by Crippen LogP contribution is -2.52. The summed E-state index contributed by atoms with van der Waals surface area (Å²) in [6.45, 7) is 5.77. The number of ether oxygens (including phenoxy) is 2. The van der Waals surface area contributed by atoms with Gasteiger partial charge in [0.1, 0.15) is 19.0 Å². The van der Waals surface area contributed by atoms with E-state index < -0.39 is 0 Å². The number of hydrogen-bond acceptors (Lipinski definition) is 5. The Morgan fingerprint density at radius 3 is 2.46 bits per heavy atom. The molecule has 2 aliphatic rings. The summed E-state index contributed by atoms with van der Waals surface area (Å²) in [4.78, 5) is 4.82. The van der Waals surface area contributed by atoms with Crippen molar-refractivity contribution in [1.29, 1.82) is 0 Å². The van der Waals surface area contributed by atoms with Gasteiger partial charge in [0.05, 0.1) is 0 Å². The first-order valence-corrected chi connectivity index (χ1v) is 9.91. The molecule has 1 N–H and O–H groups in total. The number of fused-ring (bicyclic) bond motifs is 1. The van der Waals surface area contributed by atoms with E-state index in [0.29, 0.717) is 13.2 Å². The number of aliphatic hydroxyl groups excluding tert-OH is 1. The first-order chi connectivity index (χ1) is 13.7. The van der Waals surface area contributed by atoms with E-state index in [1.54, 1.807) is 0 Å². The van der Waals surface area contributed by atoms with Crippen molar-refractivity contribution in [3.63, 3.8) is 0 Å². The molecule has 1 atom stereocenters. The third kappa shape index (κ3) is 4.63. The van der Waals surface area contributed by atoms with Gasteiger partial charge in [-0.3, -0.25) is 9.80 Å². The van der Waals surface area contributed by atoms with Gasteiger partial charge in [0, 0.05) is 45.4 Å². The van der Waals surface area contributed by atoms with Crippen LogP contribution in [0.25, 0.3) is 0 Å². The predicted molar refractivity (Wildman–Crippen MR) is 105 cm³/mol. The van der Waals surface area contributed by atoms with Crippen LogP contribution < -0.4 is 9.47 Å². The molecule has 0 radical (unpaired) electrons. The Hall–Kier alpha value is -2.15. The summed E-state index contributed by atoms with van der Waals surface area (Å²) in [6, 6.07) is 13.1. The van der Waals surface area contributed by atoms with E-state index in [1.807, 2.05) is 18.2 Å². The average Bonchev–Trinajstić information content (AvgIpc) is 2.72. The first kappa shape index (κ1) is 19.2. The van der Waals surface area contributed by atoms with Crippen molar-refractivity contribution in [3.8, 4) is 11.5 Å². The molecular formula is C22H27FN2O3. The highest BCUT2D eigenvalue weighted by Gasteiger charge is 2.27. The van der Waals surface area contributed by atoms with Crippen molar-refractivity contribution in [3.05, 3.63) is 59.4 Å². The molecule has 0 aliphatic carbocycles. The molecule has 5 nitrogen and oxygen atoms in total. The van der Waals surface area contributed by atoms with Crippen LogP contribution in [-0.4, -0.2) is 60.4 Å². The minimum Gasteiger partial charge on any atom is -0.486 e. The minimum absolute atomic E-state index is 0.169. The van der Waals surface area contributed by atoms with Crippen LogP contribution in [0.1, 0.15) is 17.5 Å². The van der Waals surface area contributed by atoms with Crippen molar-refractivity contribution in [2.24, 2.45) is 0 Å². The molecule has 0 aromatic heterocycles. The second kappa shape index (κ2) is 8.90. The standard InChI is InChI=1S/C22H27FN2O3/c23-19-4-1-17(2-5-19)15-25-9-8-24(16-20(25)7-10-26)14-18-3-6-21-22(13-18)28-12-11-27-21/h1-6,13,20,26H,7-12,14-16H2/t20-/m0/s1. The van der Waals surface area contributed by atoms with Crippen LogP contribution in [0.2, 0.25) is 0 Å². The zero-order chi connectivity index (χ0) is 19.3. The van der Waals surface area contributed by atoms with Crippen LogP contribution in [0.4, 0.5) is 4.39 Å². The van der Waals surface area contributed by atoms with Crippen molar-refractivity contribution in [1.82, 2.24) is 9.80 Å². The number of rotatable bonds is 6. The second-order valence-electron chi connectivity index (χ2n) is 7.48. The lowest BCUT2D eigenvalue weighted by Gasteiger charge is -2.41. The van der Waals surface area contributed by atoms with Gasteiger partial charge < -0.3 is 14.6 Å². The smallest absolute Gasteiger partial charge is 0.161 e. The summed E-state index contributed by atoms with van der Waals surface area (Å²) < 4.78 is 24.4. The highest BCUT2D eigenvalue weighted by Crippen LogP contribution is 2.31. The number of piperazine rings is 1. The van der Waals surface area contributed by atoms with Gasteiger partial charge in [0.2, 0.25) is 0 Å². The third-order valence-corrected chi connectivity index (χ3v) is 5.46. The lowest BCUT2D eigenvalue weighted by atomic mass is 10.1. The molecule has 2 aromatic rings. The van der Waals surface area contributed by atoms with Gasteiger partial charge in [0.25, 0.3) is 0 Å². The highest BCUT2D eigenvalue weighted by molar-refractivity contribution is 5.43. The molecule has 0 unspecified atom stereocenters. The van der Waals surface area contributed by atoms with Crippen molar-refractivity contribution >= 4 is 0 Å². The lowest BCUT2D eigenvalue weighted by molar-refractivity contribution is 0.0499. The molecule has 2 aliphatic heterocycles. The Kier molecular flexibility index (Phi) is 6.10. The zero-order valence-electron chi connectivity index (χ0n) is 16.0. The molecular weight excluding hydrogens is 359 g/mol. The van der Waals surface area contributed by atoms with E-state index >= 15 is 0 Å².